The molecule has 3 nitrogen and oxygen atoms in total. The van der Waals surface area contributed by atoms with Gasteiger partial charge in [0.25, 0.3) is 5.69 Å². The minimum absolute atomic E-state index is 0.119. The number of benzene rings is 1. The summed E-state index contributed by atoms with van der Waals surface area (Å²) < 4.78 is 0. The first-order valence-electron chi connectivity index (χ1n) is 4.72. The second-order valence-corrected chi connectivity index (χ2v) is 4.18. The number of rotatable bonds is 3. The van der Waals surface area contributed by atoms with Crippen LogP contribution in [0.3, 0.4) is 0 Å². The molecule has 0 aliphatic carbocycles. The third-order valence-corrected chi connectivity index (χ3v) is 2.92. The smallest absolute Gasteiger partial charge is 0.258 e. The molecule has 0 aliphatic heterocycles. The van der Waals surface area contributed by atoms with Crippen molar-refractivity contribution in [2.75, 3.05) is 0 Å². The van der Waals surface area contributed by atoms with E-state index >= 15 is 0 Å². The number of hydrogen-bond donors (Lipinski definition) is 0. The molecule has 0 saturated heterocycles. The van der Waals surface area contributed by atoms with Gasteiger partial charge in [-0.3, -0.25) is 10.1 Å². The lowest BCUT2D eigenvalue weighted by molar-refractivity contribution is -0.384. The van der Waals surface area contributed by atoms with Crippen molar-refractivity contribution in [3.05, 3.63) is 62.3 Å². The highest BCUT2D eigenvalue weighted by atomic mass is 32.1. The van der Waals surface area contributed by atoms with E-state index < -0.39 is 4.92 Å². The first kappa shape index (κ1) is 10.6. The molecule has 0 saturated carbocycles. The van der Waals surface area contributed by atoms with Crippen LogP contribution < -0.4 is 0 Å². The van der Waals surface area contributed by atoms with Crippen LogP contribution in [0.25, 0.3) is 12.2 Å². The molecule has 0 unspecified atom stereocenters. The molecule has 0 spiro atoms. The van der Waals surface area contributed by atoms with Crippen molar-refractivity contribution in [2.45, 2.75) is 0 Å². The molecule has 4 heteroatoms. The lowest BCUT2D eigenvalue weighted by Crippen LogP contribution is -1.86. The van der Waals surface area contributed by atoms with Crippen molar-refractivity contribution in [3.63, 3.8) is 0 Å². The summed E-state index contributed by atoms with van der Waals surface area (Å²) in [4.78, 5) is 11.2. The Hall–Kier alpha value is -1.94. The molecule has 1 aromatic carbocycles. The van der Waals surface area contributed by atoms with E-state index in [2.05, 4.69) is 0 Å². The monoisotopic (exact) mass is 231 g/mol. The van der Waals surface area contributed by atoms with Crippen molar-refractivity contribution >= 4 is 29.2 Å². The fourth-order valence-electron chi connectivity index (χ4n) is 1.27. The minimum atomic E-state index is -0.396. The molecule has 0 bridgehead atoms. The summed E-state index contributed by atoms with van der Waals surface area (Å²) in [5, 5.41) is 12.5. The van der Waals surface area contributed by atoms with Crippen molar-refractivity contribution in [1.29, 1.82) is 0 Å². The molecule has 0 aliphatic rings. The van der Waals surface area contributed by atoms with Gasteiger partial charge in [0.15, 0.2) is 0 Å². The maximum Gasteiger partial charge on any atom is 0.269 e. The van der Waals surface area contributed by atoms with Crippen LogP contribution in [0, 0.1) is 10.1 Å². The Morgan fingerprint density at radius 1 is 1.12 bits per heavy atom. The van der Waals surface area contributed by atoms with Gasteiger partial charge in [0, 0.05) is 17.0 Å². The summed E-state index contributed by atoms with van der Waals surface area (Å²) >= 11 is 1.66. The van der Waals surface area contributed by atoms with Crippen LogP contribution in [0.2, 0.25) is 0 Å². The molecule has 0 radical (unpaired) electrons. The predicted octanol–water partition coefficient (Wildman–Crippen LogP) is 3.83. The van der Waals surface area contributed by atoms with Crippen LogP contribution in [0.1, 0.15) is 10.4 Å². The quantitative estimate of drug-likeness (QED) is 0.595. The fourth-order valence-corrected chi connectivity index (χ4v) is 1.89. The summed E-state index contributed by atoms with van der Waals surface area (Å²) in [5.74, 6) is 0. The normalized spacial score (nSPS) is 10.8. The Bertz CT molecular complexity index is 500. The third-order valence-electron chi connectivity index (χ3n) is 2.09. The molecule has 16 heavy (non-hydrogen) atoms. The van der Waals surface area contributed by atoms with Crippen molar-refractivity contribution in [2.24, 2.45) is 0 Å². The van der Waals surface area contributed by atoms with Gasteiger partial charge in [-0.2, -0.15) is 0 Å². The highest BCUT2D eigenvalue weighted by Crippen LogP contribution is 2.16. The van der Waals surface area contributed by atoms with Crippen LogP contribution >= 0.6 is 11.3 Å². The Balaban J connectivity index is 2.14. The van der Waals surface area contributed by atoms with Crippen LogP contribution in [0.4, 0.5) is 5.69 Å². The standard InChI is InChI=1S/C12H9NO2S/c14-13(15)11-6-3-10(4-7-11)5-8-12-2-1-9-16-12/h1-9H/b8-5-. The number of nitro groups is 1. The molecule has 0 fully saturated rings. The summed E-state index contributed by atoms with van der Waals surface area (Å²) in [6.07, 6.45) is 3.93. The van der Waals surface area contributed by atoms with Gasteiger partial charge in [-0.1, -0.05) is 12.1 Å². The van der Waals surface area contributed by atoms with E-state index in [9.17, 15) is 10.1 Å². The lowest BCUT2D eigenvalue weighted by Gasteiger charge is -1.93. The first-order chi connectivity index (χ1) is 7.75. The average molecular weight is 231 g/mol. The third kappa shape index (κ3) is 2.55. The Morgan fingerprint density at radius 3 is 2.44 bits per heavy atom. The van der Waals surface area contributed by atoms with E-state index in [0.29, 0.717) is 0 Å². The zero-order valence-electron chi connectivity index (χ0n) is 8.37. The van der Waals surface area contributed by atoms with Gasteiger partial charge in [-0.15, -0.1) is 11.3 Å². The number of nitrogens with zero attached hydrogens (tertiary/aromatic N) is 1. The van der Waals surface area contributed by atoms with E-state index in [1.165, 1.54) is 17.0 Å². The van der Waals surface area contributed by atoms with E-state index in [-0.39, 0.29) is 5.69 Å². The van der Waals surface area contributed by atoms with Crippen molar-refractivity contribution < 1.29 is 4.92 Å². The van der Waals surface area contributed by atoms with Gasteiger partial charge in [0.2, 0.25) is 0 Å². The van der Waals surface area contributed by atoms with E-state index in [1.807, 2.05) is 29.7 Å². The Kier molecular flexibility index (Phi) is 3.12. The highest BCUT2D eigenvalue weighted by Gasteiger charge is 2.01. The van der Waals surface area contributed by atoms with Crippen LogP contribution in [-0.2, 0) is 0 Å². The molecule has 0 amide bonds. The molecular formula is C12H9NO2S. The van der Waals surface area contributed by atoms with Crippen molar-refractivity contribution in [1.82, 2.24) is 0 Å². The largest absolute Gasteiger partial charge is 0.269 e. The Morgan fingerprint density at radius 2 is 1.88 bits per heavy atom. The van der Waals surface area contributed by atoms with Gasteiger partial charge in [-0.25, -0.2) is 0 Å². The fraction of sp³-hybridized carbons (Fsp3) is 0. The molecule has 2 aromatic rings. The topological polar surface area (TPSA) is 43.1 Å². The second-order valence-electron chi connectivity index (χ2n) is 3.20. The van der Waals surface area contributed by atoms with Crippen LogP contribution in [0.5, 0.6) is 0 Å². The van der Waals surface area contributed by atoms with Gasteiger partial charge in [0.1, 0.15) is 0 Å². The average Bonchev–Trinajstić information content (AvgIpc) is 2.80. The van der Waals surface area contributed by atoms with Crippen LogP contribution in [0.15, 0.2) is 41.8 Å². The highest BCUT2D eigenvalue weighted by molar-refractivity contribution is 7.10. The van der Waals surface area contributed by atoms with E-state index in [1.54, 1.807) is 23.5 Å². The number of thiophene rings is 1. The number of non-ortho nitro benzene ring substituents is 1. The molecule has 80 valence electrons. The van der Waals surface area contributed by atoms with Gasteiger partial charge in [-0.05, 0) is 35.2 Å². The number of hydrogen-bond acceptors (Lipinski definition) is 3. The molecular weight excluding hydrogens is 222 g/mol. The summed E-state index contributed by atoms with van der Waals surface area (Å²) in [6.45, 7) is 0. The van der Waals surface area contributed by atoms with Gasteiger partial charge < -0.3 is 0 Å². The lowest BCUT2D eigenvalue weighted by atomic mass is 10.2. The van der Waals surface area contributed by atoms with E-state index in [0.717, 1.165) is 5.56 Å². The minimum Gasteiger partial charge on any atom is -0.258 e. The maximum atomic E-state index is 10.4. The Labute approximate surface area is 96.8 Å². The van der Waals surface area contributed by atoms with Gasteiger partial charge >= 0.3 is 0 Å². The molecule has 0 N–H and O–H groups in total. The zero-order chi connectivity index (χ0) is 11.4. The second kappa shape index (κ2) is 4.72. The zero-order valence-corrected chi connectivity index (χ0v) is 9.18. The van der Waals surface area contributed by atoms with E-state index in [4.69, 9.17) is 0 Å². The molecule has 2 rings (SSSR count). The first-order valence-corrected chi connectivity index (χ1v) is 5.60. The summed E-state index contributed by atoms with van der Waals surface area (Å²) in [7, 11) is 0. The summed E-state index contributed by atoms with van der Waals surface area (Å²) in [5.41, 5.74) is 1.08. The molecule has 0 atom stereocenters. The maximum absolute atomic E-state index is 10.4. The molecule has 1 aromatic heterocycles. The SMILES string of the molecule is O=[N+]([O-])c1ccc(/C=C\c2cccs2)cc1. The van der Waals surface area contributed by atoms with Crippen LogP contribution in [-0.4, -0.2) is 4.92 Å². The molecule has 1 heterocycles. The number of nitro benzene ring substituents is 1. The van der Waals surface area contributed by atoms with Gasteiger partial charge in [0.05, 0.1) is 4.92 Å². The van der Waals surface area contributed by atoms with Crippen molar-refractivity contribution in [3.8, 4) is 0 Å². The predicted molar refractivity (Wildman–Crippen MR) is 66.3 cm³/mol. The summed E-state index contributed by atoms with van der Waals surface area (Å²) in [6, 6.07) is 10.5.